The van der Waals surface area contributed by atoms with Crippen LogP contribution in [0.3, 0.4) is 0 Å². The molecular weight excluding hydrogens is 847 g/mol. The molecule has 0 spiro atoms. The summed E-state index contributed by atoms with van der Waals surface area (Å²) in [6.45, 7) is 9.13. The molecule has 4 fully saturated rings. The normalized spacial score (nSPS) is 34.1. The second kappa shape index (κ2) is 16.8. The van der Waals surface area contributed by atoms with E-state index in [1.54, 1.807) is 80.6 Å². The van der Waals surface area contributed by atoms with Crippen LogP contribution in [0.1, 0.15) is 65.2 Å². The van der Waals surface area contributed by atoms with Crippen molar-refractivity contribution in [1.29, 1.82) is 0 Å². The Labute approximate surface area is 373 Å². The Morgan fingerprint density at radius 3 is 2.34 bits per heavy atom. The van der Waals surface area contributed by atoms with Crippen LogP contribution in [-0.2, 0) is 38.2 Å². The lowest BCUT2D eigenvalue weighted by Crippen LogP contribution is -2.70. The number of rotatable bonds is 13. The number of aliphatic hydroxyl groups is 2. The first-order chi connectivity index (χ1) is 30.7. The molecule has 2 aliphatic heterocycles. The molecule has 6 aliphatic rings. The van der Waals surface area contributed by atoms with Crippen LogP contribution in [0.25, 0.3) is 0 Å². The highest BCUT2D eigenvalue weighted by Gasteiger charge is 2.80. The van der Waals surface area contributed by atoms with Crippen molar-refractivity contribution in [3.63, 3.8) is 0 Å². The summed E-state index contributed by atoms with van der Waals surface area (Å²) in [6.07, 6.45) is 1.46. The monoisotopic (exact) mass is 898 g/mol. The minimum atomic E-state index is -2.26. The van der Waals surface area contributed by atoms with Crippen LogP contribution < -0.4 is 20.7 Å². The third-order valence-corrected chi connectivity index (χ3v) is 14.5. The molecule has 12 atom stereocenters. The molecule has 3 saturated carbocycles. The van der Waals surface area contributed by atoms with Crippen molar-refractivity contribution in [2.24, 2.45) is 22.7 Å². The fourth-order valence-corrected chi connectivity index (χ4v) is 11.2. The van der Waals surface area contributed by atoms with Gasteiger partial charge in [-0.05, 0) is 81.4 Å². The van der Waals surface area contributed by atoms with Gasteiger partial charge in [-0.3, -0.25) is 33.7 Å². The number of hydrogen-bond acceptors (Lipinski definition) is 11. The Bertz CT molecular complexity index is 2420. The van der Waals surface area contributed by atoms with Crippen LogP contribution in [-0.4, -0.2) is 105 Å². The molecule has 5 N–H and O–H groups in total. The Morgan fingerprint density at radius 1 is 0.954 bits per heavy atom. The Hall–Kier alpha value is -5.88. The smallest absolute Gasteiger partial charge is 0.253 e. The van der Waals surface area contributed by atoms with E-state index in [0.29, 0.717) is 28.3 Å². The summed E-state index contributed by atoms with van der Waals surface area (Å²) in [5.41, 5.74) is -5.04. The topological polar surface area (TPSA) is 210 Å². The number of amides is 5. The predicted molar refractivity (Wildman–Crippen MR) is 229 cm³/mol. The number of nitrogens with zero attached hydrogens (tertiary/aromatic N) is 1. The summed E-state index contributed by atoms with van der Waals surface area (Å²) in [7, 11) is 0. The molecule has 0 bridgehead atoms. The molecule has 1 saturated heterocycles. The number of ether oxygens (including phenoxy) is 3. The number of anilines is 1. The van der Waals surface area contributed by atoms with Gasteiger partial charge in [0.05, 0.1) is 12.2 Å². The van der Waals surface area contributed by atoms with Gasteiger partial charge in [0, 0.05) is 59.2 Å². The number of alkyl halides is 2. The highest BCUT2D eigenvalue weighted by molar-refractivity contribution is 6.13. The van der Waals surface area contributed by atoms with Crippen LogP contribution in [0, 0.1) is 22.7 Å². The van der Waals surface area contributed by atoms with Gasteiger partial charge in [0.25, 0.3) is 11.8 Å². The molecule has 17 heteroatoms. The number of imide groups is 1. The van der Waals surface area contributed by atoms with Gasteiger partial charge in [0.1, 0.15) is 36.4 Å². The number of fused-ring (bicyclic) bond motifs is 7. The first-order valence-corrected chi connectivity index (χ1v) is 21.7. The number of Topliss-reactive ketones (excluding diaryl/α,β-unsaturated/α-hetero) is 1. The van der Waals surface area contributed by atoms with Gasteiger partial charge in [-0.25, -0.2) is 8.78 Å². The Balaban J connectivity index is 0.887. The van der Waals surface area contributed by atoms with E-state index in [-0.39, 0.29) is 37.8 Å². The maximum absolute atomic E-state index is 17.8. The van der Waals surface area contributed by atoms with E-state index in [9.17, 15) is 39.0 Å². The maximum Gasteiger partial charge on any atom is 0.253 e. The van der Waals surface area contributed by atoms with Gasteiger partial charge in [-0.2, -0.15) is 0 Å². The average molecular weight is 899 g/mol. The molecule has 344 valence electrons. The quantitative estimate of drug-likeness (QED) is 0.178. The molecule has 2 unspecified atom stereocenters. The standard InChI is InChI=1S/C48H52F2N4O11/c1-25-15-17-45(4)34(19-25)35(49)21-33-32-22-38-48(37(57)24-55,46(32,5)23-36(56)47(33,45)50)65-44(64-38)28-9-11-30(12-10-28)63-31-8-6-7-29(20-31)53-43(62)27(3)52-42(61)26(2)51-39(58)16-18-54-40(59)13-14-41(54)60/h6-15,17,19-20,26-27,32-33,35-36,38,44,55-56H,1,16,18,21-24H2,2-5H3,(H,51,58)(H,52,61)(H,53,62)/t26-,27-,32-,33-,35-,36-,38?,44?,45-,46-,47-,48+/m0/s1. The number of carbonyl (C=O) groups excluding carboxylic acids is 6. The number of nitrogens with one attached hydrogen (secondary N) is 3. The van der Waals surface area contributed by atoms with Crippen molar-refractivity contribution in [2.45, 2.75) is 101 Å². The molecule has 2 aromatic rings. The zero-order chi connectivity index (χ0) is 46.8. The minimum Gasteiger partial charge on any atom is -0.457 e. The zero-order valence-electron chi connectivity index (χ0n) is 36.3. The van der Waals surface area contributed by atoms with Gasteiger partial charge in [-0.15, -0.1) is 0 Å². The summed E-state index contributed by atoms with van der Waals surface area (Å²) >= 11 is 0. The molecule has 5 amide bonds. The number of hydrogen-bond donors (Lipinski definition) is 5. The van der Waals surface area contributed by atoms with Crippen LogP contribution in [0.2, 0.25) is 0 Å². The number of ketones is 1. The second-order valence-electron chi connectivity index (χ2n) is 18.3. The maximum atomic E-state index is 17.8. The van der Waals surface area contributed by atoms with E-state index in [0.717, 1.165) is 17.1 Å². The van der Waals surface area contributed by atoms with Crippen molar-refractivity contribution >= 4 is 41.0 Å². The molecule has 15 nitrogen and oxygen atoms in total. The Kier molecular flexibility index (Phi) is 11.8. The molecule has 2 heterocycles. The van der Waals surface area contributed by atoms with Gasteiger partial charge >= 0.3 is 0 Å². The van der Waals surface area contributed by atoms with Crippen molar-refractivity contribution < 1.29 is 62.0 Å². The third-order valence-electron chi connectivity index (χ3n) is 14.5. The number of benzene rings is 2. The molecule has 0 aromatic heterocycles. The van der Waals surface area contributed by atoms with E-state index >= 15 is 8.78 Å². The van der Waals surface area contributed by atoms with Gasteiger partial charge < -0.3 is 40.4 Å². The van der Waals surface area contributed by atoms with E-state index in [1.807, 2.05) is 0 Å². The molecular formula is C48H52F2N4O11. The van der Waals surface area contributed by atoms with Crippen LogP contribution in [0.15, 0.2) is 96.6 Å². The van der Waals surface area contributed by atoms with E-state index in [4.69, 9.17) is 14.2 Å². The summed E-state index contributed by atoms with van der Waals surface area (Å²) in [4.78, 5) is 76.4. The average Bonchev–Trinajstić information content (AvgIpc) is 3.89. The lowest BCUT2D eigenvalue weighted by atomic mass is 9.44. The van der Waals surface area contributed by atoms with Crippen LogP contribution >= 0.6 is 0 Å². The molecule has 2 aromatic carbocycles. The number of aliphatic hydroxyl groups excluding tert-OH is 2. The summed E-state index contributed by atoms with van der Waals surface area (Å²) in [5, 5.41) is 29.9. The molecule has 0 radical (unpaired) electrons. The lowest BCUT2D eigenvalue weighted by Gasteiger charge is -2.63. The first kappa shape index (κ1) is 45.7. The van der Waals surface area contributed by atoms with Crippen molar-refractivity contribution in [3.8, 4) is 11.5 Å². The Morgan fingerprint density at radius 2 is 1.65 bits per heavy atom. The second-order valence-corrected chi connectivity index (χ2v) is 18.3. The largest absolute Gasteiger partial charge is 0.457 e. The third kappa shape index (κ3) is 7.51. The van der Waals surface area contributed by atoms with Gasteiger partial charge in [0.2, 0.25) is 17.7 Å². The molecule has 65 heavy (non-hydrogen) atoms. The van der Waals surface area contributed by atoms with Crippen LogP contribution in [0.4, 0.5) is 14.5 Å². The number of halogens is 2. The lowest BCUT2D eigenvalue weighted by molar-refractivity contribution is -0.235. The summed E-state index contributed by atoms with van der Waals surface area (Å²) in [6, 6.07) is 11.1. The predicted octanol–water partition coefficient (Wildman–Crippen LogP) is 4.37. The minimum absolute atomic E-state index is 0.142. The fraction of sp³-hybridized carbons (Fsp3) is 0.458. The summed E-state index contributed by atoms with van der Waals surface area (Å²) < 4.78 is 53.0. The molecule has 4 aliphatic carbocycles. The van der Waals surface area contributed by atoms with E-state index in [2.05, 4.69) is 22.5 Å². The highest BCUT2D eigenvalue weighted by atomic mass is 19.1. The highest BCUT2D eigenvalue weighted by Crippen LogP contribution is 2.72. The van der Waals surface area contributed by atoms with E-state index in [1.165, 1.54) is 13.8 Å². The van der Waals surface area contributed by atoms with Gasteiger partial charge in [-0.1, -0.05) is 49.9 Å². The molecule has 8 rings (SSSR count). The number of allylic oxidation sites excluding steroid dienone is 5. The summed E-state index contributed by atoms with van der Waals surface area (Å²) in [5.74, 6) is -4.33. The van der Waals surface area contributed by atoms with E-state index < -0.39 is 113 Å². The zero-order valence-corrected chi connectivity index (χ0v) is 36.3. The van der Waals surface area contributed by atoms with Gasteiger partial charge in [0.15, 0.2) is 23.3 Å². The fourth-order valence-electron chi connectivity index (χ4n) is 11.2. The van der Waals surface area contributed by atoms with Crippen LogP contribution in [0.5, 0.6) is 11.5 Å². The SMILES string of the molecule is C=C1C=C[C@@]2(C)C(=C1)[C@@H](F)C[C@H]1[C@@H]3CC4OC(c5ccc(Oc6cccc(NC(=O)[C@H](C)NC(=O)[C@H](C)NC(=O)CCN7C(=O)C=CC7=O)c6)cc5)O[C@@]4(C(=O)CO)[C@@]3(C)C[C@H](O)[C@@]12F. The number of carbonyl (C=O) groups is 6. The van der Waals surface area contributed by atoms with Crippen molar-refractivity contribution in [1.82, 2.24) is 15.5 Å². The van der Waals surface area contributed by atoms with Crippen molar-refractivity contribution in [3.05, 3.63) is 102 Å². The van der Waals surface area contributed by atoms with Crippen molar-refractivity contribution in [2.75, 3.05) is 18.5 Å². The first-order valence-electron chi connectivity index (χ1n) is 21.7.